The number of hydrogen-bond donors (Lipinski definition) is 2. The number of amides is 1. The molecule has 0 aliphatic carbocycles. The lowest BCUT2D eigenvalue weighted by molar-refractivity contribution is 0.102. The van der Waals surface area contributed by atoms with Crippen LogP contribution in [0.5, 0.6) is 0 Å². The highest BCUT2D eigenvalue weighted by Gasteiger charge is 2.26. The predicted molar refractivity (Wildman–Crippen MR) is 115 cm³/mol. The van der Waals surface area contributed by atoms with Crippen molar-refractivity contribution in [1.29, 1.82) is 0 Å². The molecule has 5 nitrogen and oxygen atoms in total. The van der Waals surface area contributed by atoms with Gasteiger partial charge in [0.05, 0.1) is 32.8 Å². The molecule has 3 rings (SSSR count). The van der Waals surface area contributed by atoms with Gasteiger partial charge in [0.1, 0.15) is 4.75 Å². The van der Waals surface area contributed by atoms with Crippen LogP contribution in [0.1, 0.15) is 42.3 Å². The van der Waals surface area contributed by atoms with E-state index in [0.29, 0.717) is 5.56 Å². The van der Waals surface area contributed by atoms with Crippen LogP contribution in [0, 0.1) is 13.8 Å². The third-order valence-electron chi connectivity index (χ3n) is 4.21. The molecule has 0 radical (unpaired) electrons. The standard InChI is InChI=1S/C20H23N3O2S2/c1-12-10-16(13(2)18-17(12)21-11-26-18)22-19(24)14-6-8-15(9-7-14)23-27(25)20(3,4)5/h6-11,23H,1-5H3,(H,22,24). The molecule has 0 aliphatic rings. The van der Waals surface area contributed by atoms with Crippen molar-refractivity contribution in [3.8, 4) is 0 Å². The summed E-state index contributed by atoms with van der Waals surface area (Å²) >= 11 is 0.367. The summed E-state index contributed by atoms with van der Waals surface area (Å²) in [6, 6.07) is 8.94. The van der Waals surface area contributed by atoms with Crippen molar-refractivity contribution in [1.82, 2.24) is 4.98 Å². The van der Waals surface area contributed by atoms with E-state index < -0.39 is 11.4 Å². The van der Waals surface area contributed by atoms with Gasteiger partial charge in [0.2, 0.25) is 0 Å². The molecule has 1 amide bonds. The highest BCUT2D eigenvalue weighted by Crippen LogP contribution is 2.31. The van der Waals surface area contributed by atoms with Crippen LogP contribution < -0.4 is 10.0 Å². The number of hydrogen-bond acceptors (Lipinski definition) is 5. The van der Waals surface area contributed by atoms with Crippen molar-refractivity contribution in [3.05, 3.63) is 52.5 Å². The van der Waals surface area contributed by atoms with Crippen molar-refractivity contribution < 1.29 is 9.35 Å². The minimum absolute atomic E-state index is 0.176. The minimum atomic E-state index is -1.21. The van der Waals surface area contributed by atoms with E-state index in [0.717, 1.165) is 32.7 Å². The molecule has 1 atom stereocenters. The van der Waals surface area contributed by atoms with Crippen molar-refractivity contribution in [2.24, 2.45) is 0 Å². The summed E-state index contributed by atoms with van der Waals surface area (Å²) < 4.78 is 15.9. The number of rotatable bonds is 4. The smallest absolute Gasteiger partial charge is 0.255 e. The number of nitrogens with one attached hydrogen (secondary N) is 2. The van der Waals surface area contributed by atoms with Crippen LogP contribution in [0.25, 0.3) is 10.2 Å². The highest BCUT2D eigenvalue weighted by atomic mass is 32.2. The topological polar surface area (TPSA) is 77.1 Å². The van der Waals surface area contributed by atoms with Gasteiger partial charge in [-0.1, -0.05) is 0 Å². The number of fused-ring (bicyclic) bond motifs is 1. The Hall–Kier alpha value is -2.09. The lowest BCUT2D eigenvalue weighted by Gasteiger charge is -2.23. The van der Waals surface area contributed by atoms with Gasteiger partial charge in [-0.15, -0.1) is 11.3 Å². The first-order valence-electron chi connectivity index (χ1n) is 8.60. The third kappa shape index (κ3) is 4.26. The van der Waals surface area contributed by atoms with Crippen LogP contribution in [-0.4, -0.2) is 20.2 Å². The molecule has 0 aliphatic heterocycles. The molecule has 0 fully saturated rings. The summed E-state index contributed by atoms with van der Waals surface area (Å²) in [6.45, 7) is 9.70. The fourth-order valence-corrected chi connectivity index (χ4v) is 4.11. The van der Waals surface area contributed by atoms with E-state index >= 15 is 0 Å². The second-order valence-electron chi connectivity index (χ2n) is 7.41. The summed E-state index contributed by atoms with van der Waals surface area (Å²) in [5, 5.41) is 2.99. The van der Waals surface area contributed by atoms with E-state index in [1.807, 2.05) is 46.2 Å². The molecule has 1 aromatic heterocycles. The normalized spacial score (nSPS) is 12.8. The van der Waals surface area contributed by atoms with E-state index in [4.69, 9.17) is 0 Å². The second kappa shape index (κ2) is 7.50. The average Bonchev–Trinajstić information content (AvgIpc) is 3.10. The molecule has 0 spiro atoms. The monoisotopic (exact) mass is 401 g/mol. The SMILES string of the molecule is Cc1cc(NC(=O)c2ccc(N[S+]([O-])C(C)(C)C)cc2)c(C)c2scnc12. The first kappa shape index (κ1) is 19.7. The molecule has 1 heterocycles. The summed E-state index contributed by atoms with van der Waals surface area (Å²) in [6.07, 6.45) is 0. The van der Waals surface area contributed by atoms with Crippen LogP contribution >= 0.6 is 11.3 Å². The number of aromatic nitrogens is 1. The molecule has 0 saturated heterocycles. The summed E-state index contributed by atoms with van der Waals surface area (Å²) in [7, 11) is 0. The fraction of sp³-hybridized carbons (Fsp3) is 0.300. The molecular formula is C20H23N3O2S2. The summed E-state index contributed by atoms with van der Waals surface area (Å²) in [5.41, 5.74) is 6.93. The van der Waals surface area contributed by atoms with Crippen molar-refractivity contribution in [2.75, 3.05) is 10.0 Å². The molecule has 7 heteroatoms. The fourth-order valence-electron chi connectivity index (χ4n) is 2.58. The van der Waals surface area contributed by atoms with Gasteiger partial charge in [-0.2, -0.15) is 0 Å². The Labute approximate surface area is 166 Å². The predicted octanol–water partition coefficient (Wildman–Crippen LogP) is 5.04. The van der Waals surface area contributed by atoms with Crippen molar-refractivity contribution >= 4 is 50.2 Å². The van der Waals surface area contributed by atoms with Gasteiger partial charge in [0.25, 0.3) is 5.91 Å². The van der Waals surface area contributed by atoms with Crippen LogP contribution in [-0.2, 0) is 11.4 Å². The maximum Gasteiger partial charge on any atom is 0.255 e. The lowest BCUT2D eigenvalue weighted by Crippen LogP contribution is -2.33. The molecule has 2 aromatic carbocycles. The Balaban J connectivity index is 1.76. The quantitative estimate of drug-likeness (QED) is 0.601. The van der Waals surface area contributed by atoms with Gasteiger partial charge in [-0.3, -0.25) is 4.79 Å². The van der Waals surface area contributed by atoms with Gasteiger partial charge in [-0.25, -0.2) is 9.71 Å². The minimum Gasteiger partial charge on any atom is -0.593 e. The number of benzene rings is 2. The second-order valence-corrected chi connectivity index (χ2v) is 10.2. The Kier molecular flexibility index (Phi) is 5.46. The average molecular weight is 402 g/mol. The molecule has 1 unspecified atom stereocenters. The molecule has 142 valence electrons. The molecule has 0 saturated carbocycles. The number of nitrogens with zero attached hydrogens (tertiary/aromatic N) is 1. The number of anilines is 2. The number of carbonyl (C=O) groups excluding carboxylic acids is 1. The molecule has 3 aromatic rings. The number of carbonyl (C=O) groups is 1. The number of thiazole rings is 1. The van der Waals surface area contributed by atoms with Gasteiger partial charge in [0.15, 0.2) is 0 Å². The Morgan fingerprint density at radius 3 is 2.48 bits per heavy atom. The first-order valence-corrected chi connectivity index (χ1v) is 10.6. The maximum absolute atomic E-state index is 12.6. The van der Waals surface area contributed by atoms with Gasteiger partial charge >= 0.3 is 0 Å². The van der Waals surface area contributed by atoms with Crippen LogP contribution in [0.3, 0.4) is 0 Å². The van der Waals surface area contributed by atoms with Crippen molar-refractivity contribution in [3.63, 3.8) is 0 Å². The zero-order valence-electron chi connectivity index (χ0n) is 16.0. The zero-order chi connectivity index (χ0) is 19.8. The van der Waals surface area contributed by atoms with E-state index in [-0.39, 0.29) is 10.7 Å². The molecule has 0 bridgehead atoms. The van der Waals surface area contributed by atoms with Crippen LogP contribution in [0.15, 0.2) is 35.8 Å². The van der Waals surface area contributed by atoms with Gasteiger partial charge < -0.3 is 9.87 Å². The highest BCUT2D eigenvalue weighted by molar-refractivity contribution is 7.94. The van der Waals surface area contributed by atoms with Crippen LogP contribution in [0.4, 0.5) is 11.4 Å². The number of aryl methyl sites for hydroxylation is 2. The van der Waals surface area contributed by atoms with E-state index in [1.54, 1.807) is 35.6 Å². The van der Waals surface area contributed by atoms with Crippen molar-refractivity contribution in [2.45, 2.75) is 39.4 Å². The van der Waals surface area contributed by atoms with Crippen LogP contribution in [0.2, 0.25) is 0 Å². The molecular weight excluding hydrogens is 378 g/mol. The van der Waals surface area contributed by atoms with Gasteiger partial charge in [0, 0.05) is 11.3 Å². The van der Waals surface area contributed by atoms with Gasteiger partial charge in [-0.05, 0) is 76.1 Å². The van der Waals surface area contributed by atoms with E-state index in [1.165, 1.54) is 0 Å². The largest absolute Gasteiger partial charge is 0.593 e. The first-order chi connectivity index (χ1) is 12.7. The summed E-state index contributed by atoms with van der Waals surface area (Å²) in [5.74, 6) is -0.176. The maximum atomic E-state index is 12.6. The lowest BCUT2D eigenvalue weighted by atomic mass is 10.1. The zero-order valence-corrected chi connectivity index (χ0v) is 17.7. The Morgan fingerprint density at radius 2 is 1.85 bits per heavy atom. The van der Waals surface area contributed by atoms with E-state index in [9.17, 15) is 9.35 Å². The Bertz CT molecular complexity index is 975. The third-order valence-corrected chi connectivity index (χ3v) is 6.69. The van der Waals surface area contributed by atoms with E-state index in [2.05, 4.69) is 15.0 Å². The molecule has 27 heavy (non-hydrogen) atoms. The molecule has 2 N–H and O–H groups in total. The summed E-state index contributed by atoms with van der Waals surface area (Å²) in [4.78, 5) is 17.0. The Morgan fingerprint density at radius 1 is 1.19 bits per heavy atom.